The molecule has 2 amide bonds. The van der Waals surface area contributed by atoms with E-state index >= 15 is 0 Å². The van der Waals surface area contributed by atoms with Crippen LogP contribution in [0.5, 0.6) is 0 Å². The molecule has 9 heteroatoms. The van der Waals surface area contributed by atoms with Gasteiger partial charge >= 0.3 is 0 Å². The summed E-state index contributed by atoms with van der Waals surface area (Å²) in [5.74, 6) is -2.19. The van der Waals surface area contributed by atoms with E-state index in [9.17, 15) is 18.8 Å². The molecule has 2 aromatic carbocycles. The van der Waals surface area contributed by atoms with Crippen LogP contribution in [0.4, 0.5) is 10.1 Å². The zero-order chi connectivity index (χ0) is 23.3. The number of carbonyl (C=O) groups excluding carboxylic acids is 3. The van der Waals surface area contributed by atoms with Crippen LogP contribution < -0.4 is 4.90 Å². The Kier molecular flexibility index (Phi) is 7.27. The fourth-order valence-electron chi connectivity index (χ4n) is 2.98. The average Bonchev–Trinajstić information content (AvgIpc) is 2.80. The van der Waals surface area contributed by atoms with E-state index < -0.39 is 23.9 Å². The number of rotatable bonds is 7. The Morgan fingerprint density at radius 1 is 1.00 bits per heavy atom. The lowest BCUT2D eigenvalue weighted by molar-refractivity contribution is -0.117. The molecule has 0 saturated heterocycles. The van der Waals surface area contributed by atoms with Crippen molar-refractivity contribution in [1.29, 1.82) is 0 Å². The molecule has 0 bridgehead atoms. The highest BCUT2D eigenvalue weighted by Gasteiger charge is 2.24. The predicted molar refractivity (Wildman–Crippen MR) is 118 cm³/mol. The highest BCUT2D eigenvalue weighted by molar-refractivity contribution is 6.30. The van der Waals surface area contributed by atoms with Gasteiger partial charge in [0.2, 0.25) is 11.7 Å². The normalized spacial score (nSPS) is 10.5. The van der Waals surface area contributed by atoms with Gasteiger partial charge in [0.25, 0.3) is 5.91 Å². The summed E-state index contributed by atoms with van der Waals surface area (Å²) in [6, 6.07) is 12.4. The van der Waals surface area contributed by atoms with Gasteiger partial charge in [-0.05, 0) is 30.3 Å². The van der Waals surface area contributed by atoms with E-state index in [1.807, 2.05) is 0 Å². The molecule has 0 atom stereocenters. The molecule has 0 unspecified atom stereocenters. The fraction of sp³-hybridized carbons (Fsp3) is 0.174. The topological polar surface area (TPSA) is 83.5 Å². The van der Waals surface area contributed by atoms with Gasteiger partial charge in [0.15, 0.2) is 5.82 Å². The number of ketones is 1. The number of hydrogen-bond donors (Lipinski definition) is 0. The molecule has 164 valence electrons. The number of hydrogen-bond acceptors (Lipinski definition) is 5. The summed E-state index contributed by atoms with van der Waals surface area (Å²) in [4.78, 5) is 48.4. The predicted octanol–water partition coefficient (Wildman–Crippen LogP) is 3.78. The Morgan fingerprint density at radius 3 is 2.38 bits per heavy atom. The summed E-state index contributed by atoms with van der Waals surface area (Å²) in [6.45, 7) is -0.187. The molecule has 1 heterocycles. The van der Waals surface area contributed by atoms with Crippen LogP contribution in [0.2, 0.25) is 5.02 Å². The molecule has 0 fully saturated rings. The second kappa shape index (κ2) is 10.1. The van der Waals surface area contributed by atoms with Crippen molar-refractivity contribution in [1.82, 2.24) is 14.9 Å². The van der Waals surface area contributed by atoms with E-state index in [-0.39, 0.29) is 28.9 Å². The van der Waals surface area contributed by atoms with Crippen LogP contribution in [-0.2, 0) is 11.3 Å². The molecule has 3 aromatic rings. The van der Waals surface area contributed by atoms with Crippen LogP contribution in [-0.4, -0.2) is 46.6 Å². The van der Waals surface area contributed by atoms with Gasteiger partial charge in [0.1, 0.15) is 5.82 Å². The molecular weight excluding hydrogens is 435 g/mol. The number of carbonyl (C=O) groups is 3. The lowest BCUT2D eigenvalue weighted by Crippen LogP contribution is -2.33. The Morgan fingerprint density at radius 2 is 1.69 bits per heavy atom. The lowest BCUT2D eigenvalue weighted by Gasteiger charge is -2.24. The molecule has 3 rings (SSSR count). The standard InChI is InChI=1S/C23H20ClFN4O3/c1-28(2)23(32)15-6-3-8-17(12-15)29(14-16-7-4-9-18(24)21(16)25)20(31)13-19(30)22-26-10-5-11-27-22/h3-12H,13-14H2,1-2H3. The number of halogens is 2. The first-order valence-corrected chi connectivity index (χ1v) is 10.0. The highest BCUT2D eigenvalue weighted by Crippen LogP contribution is 2.24. The van der Waals surface area contributed by atoms with Crippen molar-refractivity contribution in [2.75, 3.05) is 19.0 Å². The maximum absolute atomic E-state index is 14.6. The number of Topliss-reactive ketones (excluding diaryl/α,β-unsaturated/α-hetero) is 1. The van der Waals surface area contributed by atoms with Crippen LogP contribution >= 0.6 is 11.6 Å². The number of benzene rings is 2. The zero-order valence-corrected chi connectivity index (χ0v) is 18.2. The van der Waals surface area contributed by atoms with Gasteiger partial charge in [-0.25, -0.2) is 14.4 Å². The van der Waals surface area contributed by atoms with Gasteiger partial charge in [-0.3, -0.25) is 14.4 Å². The summed E-state index contributed by atoms with van der Waals surface area (Å²) in [5.41, 5.74) is 0.844. The summed E-state index contributed by atoms with van der Waals surface area (Å²) >= 11 is 5.89. The molecule has 0 N–H and O–H groups in total. The number of nitrogens with zero attached hydrogens (tertiary/aromatic N) is 4. The van der Waals surface area contributed by atoms with Gasteiger partial charge in [-0.1, -0.05) is 29.8 Å². The van der Waals surface area contributed by atoms with Gasteiger partial charge in [-0.15, -0.1) is 0 Å². The van der Waals surface area contributed by atoms with Crippen molar-refractivity contribution in [3.05, 3.63) is 88.7 Å². The highest BCUT2D eigenvalue weighted by atomic mass is 35.5. The number of anilines is 1. The quantitative estimate of drug-likeness (QED) is 0.401. The molecule has 0 saturated carbocycles. The van der Waals surface area contributed by atoms with E-state index in [1.54, 1.807) is 44.4 Å². The second-order valence-electron chi connectivity index (χ2n) is 7.12. The minimum absolute atomic E-state index is 0.0832. The molecule has 0 aliphatic heterocycles. The minimum atomic E-state index is -0.662. The first kappa shape index (κ1) is 23.0. The third kappa shape index (κ3) is 5.33. The largest absolute Gasteiger partial charge is 0.345 e. The molecule has 0 aliphatic rings. The summed E-state index contributed by atoms with van der Waals surface area (Å²) in [5, 5.41) is -0.0832. The van der Waals surface area contributed by atoms with Crippen molar-refractivity contribution < 1.29 is 18.8 Å². The Labute approximate surface area is 189 Å². The zero-order valence-electron chi connectivity index (χ0n) is 17.5. The number of amides is 2. The molecular formula is C23H20ClFN4O3. The molecule has 0 radical (unpaired) electrons. The van der Waals surface area contributed by atoms with Crippen LogP contribution in [0.3, 0.4) is 0 Å². The van der Waals surface area contributed by atoms with Crippen molar-refractivity contribution in [2.45, 2.75) is 13.0 Å². The van der Waals surface area contributed by atoms with Crippen LogP contribution in [0.1, 0.15) is 33.0 Å². The van der Waals surface area contributed by atoms with Gasteiger partial charge < -0.3 is 9.80 Å². The first-order valence-electron chi connectivity index (χ1n) is 9.63. The van der Waals surface area contributed by atoms with Gasteiger partial charge in [0, 0.05) is 43.3 Å². The van der Waals surface area contributed by atoms with Gasteiger partial charge in [-0.2, -0.15) is 0 Å². The summed E-state index contributed by atoms with van der Waals surface area (Å²) in [6.07, 6.45) is 2.28. The second-order valence-corrected chi connectivity index (χ2v) is 7.52. The third-order valence-corrected chi connectivity index (χ3v) is 4.89. The van der Waals surface area contributed by atoms with Crippen molar-refractivity contribution >= 4 is 34.9 Å². The lowest BCUT2D eigenvalue weighted by atomic mass is 10.1. The minimum Gasteiger partial charge on any atom is -0.345 e. The van der Waals surface area contributed by atoms with E-state index in [0.29, 0.717) is 11.3 Å². The molecule has 1 aromatic heterocycles. The molecule has 0 spiro atoms. The Hall–Kier alpha value is -3.65. The molecule has 7 nitrogen and oxygen atoms in total. The van der Waals surface area contributed by atoms with Crippen molar-refractivity contribution in [3.8, 4) is 0 Å². The maximum atomic E-state index is 14.6. The monoisotopic (exact) mass is 454 g/mol. The SMILES string of the molecule is CN(C)C(=O)c1cccc(N(Cc2cccc(Cl)c2F)C(=O)CC(=O)c2ncccn2)c1. The van der Waals surface area contributed by atoms with Crippen LogP contribution in [0.25, 0.3) is 0 Å². The molecule has 32 heavy (non-hydrogen) atoms. The average molecular weight is 455 g/mol. The van der Waals surface area contributed by atoms with Crippen LogP contribution in [0.15, 0.2) is 60.9 Å². The van der Waals surface area contributed by atoms with Crippen molar-refractivity contribution in [2.24, 2.45) is 0 Å². The number of aromatic nitrogens is 2. The van der Waals surface area contributed by atoms with E-state index in [4.69, 9.17) is 11.6 Å². The summed E-state index contributed by atoms with van der Waals surface area (Å²) < 4.78 is 14.6. The van der Waals surface area contributed by atoms with E-state index in [0.717, 1.165) is 0 Å². The fourth-order valence-corrected chi connectivity index (χ4v) is 3.18. The third-order valence-electron chi connectivity index (χ3n) is 4.60. The Bertz CT molecular complexity index is 1150. The van der Waals surface area contributed by atoms with Gasteiger partial charge in [0.05, 0.1) is 18.0 Å². The smallest absolute Gasteiger partial charge is 0.253 e. The van der Waals surface area contributed by atoms with Crippen LogP contribution in [0, 0.1) is 5.82 Å². The summed E-state index contributed by atoms with van der Waals surface area (Å²) in [7, 11) is 3.22. The van der Waals surface area contributed by atoms with E-state index in [2.05, 4.69) is 9.97 Å². The molecule has 0 aliphatic carbocycles. The first-order chi connectivity index (χ1) is 15.3. The van der Waals surface area contributed by atoms with Crippen molar-refractivity contribution in [3.63, 3.8) is 0 Å². The maximum Gasteiger partial charge on any atom is 0.253 e. The van der Waals surface area contributed by atoms with E-state index in [1.165, 1.54) is 40.4 Å². The Balaban J connectivity index is 1.97.